The molecule has 1 aromatic rings. The molecular formula is C10H6AgO3. The molecule has 1 aliphatic rings. The summed E-state index contributed by atoms with van der Waals surface area (Å²) in [7, 11) is 0. The maximum absolute atomic E-state index is 11.3. The predicted octanol–water partition coefficient (Wildman–Crippen LogP) is 1.51. The van der Waals surface area contributed by atoms with E-state index in [1.54, 1.807) is 18.2 Å². The summed E-state index contributed by atoms with van der Waals surface area (Å²) < 4.78 is 0. The normalized spacial score (nSPS) is 14.1. The molecule has 0 saturated heterocycles. The minimum absolute atomic E-state index is 0. The van der Waals surface area contributed by atoms with E-state index in [1.807, 2.05) is 0 Å². The van der Waals surface area contributed by atoms with Gasteiger partial charge in [-0.3, -0.25) is 9.59 Å². The molecule has 0 spiro atoms. The molecule has 0 atom stereocenters. The third-order valence-electron chi connectivity index (χ3n) is 1.94. The molecule has 4 heteroatoms. The van der Waals surface area contributed by atoms with E-state index in [0.717, 1.165) is 6.08 Å². The second-order valence-corrected chi connectivity index (χ2v) is 2.77. The van der Waals surface area contributed by atoms with Crippen LogP contribution in [0, 0.1) is 0 Å². The van der Waals surface area contributed by atoms with Crippen LogP contribution in [0.4, 0.5) is 0 Å². The predicted molar refractivity (Wildman–Crippen MR) is 45.8 cm³/mol. The number of allylic oxidation sites excluding steroid dienone is 2. The Kier molecular flexibility index (Phi) is 3.06. The van der Waals surface area contributed by atoms with Gasteiger partial charge >= 0.3 is 0 Å². The number of hydrogen-bond donors (Lipinski definition) is 1. The largest absolute Gasteiger partial charge is 0.504 e. The summed E-state index contributed by atoms with van der Waals surface area (Å²) in [6.45, 7) is 0. The summed E-state index contributed by atoms with van der Waals surface area (Å²) in [5, 5.41) is 9.09. The van der Waals surface area contributed by atoms with Crippen molar-refractivity contribution in [1.82, 2.24) is 0 Å². The standard InChI is InChI=1S/C10H6O3.Ag/c11-8-5-9(12)10(13)7-4-2-1-3-6(7)8;/h1-5,12H;. The van der Waals surface area contributed by atoms with Crippen LogP contribution < -0.4 is 0 Å². The number of ketones is 2. The summed E-state index contributed by atoms with van der Waals surface area (Å²) in [6, 6.07) is 6.43. The van der Waals surface area contributed by atoms with Crippen LogP contribution in [-0.2, 0) is 22.4 Å². The fraction of sp³-hybridized carbons (Fsp3) is 0. The van der Waals surface area contributed by atoms with Gasteiger partial charge in [-0.25, -0.2) is 0 Å². The molecule has 0 fully saturated rings. The van der Waals surface area contributed by atoms with Gasteiger partial charge in [0, 0.05) is 39.6 Å². The molecule has 1 aliphatic carbocycles. The van der Waals surface area contributed by atoms with Gasteiger partial charge < -0.3 is 5.11 Å². The fourth-order valence-electron chi connectivity index (χ4n) is 1.30. The van der Waals surface area contributed by atoms with Crippen molar-refractivity contribution in [3.05, 3.63) is 47.2 Å². The van der Waals surface area contributed by atoms with Crippen LogP contribution in [0.25, 0.3) is 0 Å². The summed E-state index contributed by atoms with van der Waals surface area (Å²) in [5.41, 5.74) is 0.623. The summed E-state index contributed by atoms with van der Waals surface area (Å²) in [6.07, 6.45) is 0.949. The quantitative estimate of drug-likeness (QED) is 0.734. The van der Waals surface area contributed by atoms with Crippen molar-refractivity contribution in [3.8, 4) is 0 Å². The van der Waals surface area contributed by atoms with Gasteiger partial charge in [-0.1, -0.05) is 24.3 Å². The molecule has 0 bridgehead atoms. The molecule has 3 nitrogen and oxygen atoms in total. The van der Waals surface area contributed by atoms with E-state index in [1.165, 1.54) is 6.07 Å². The zero-order valence-electron chi connectivity index (χ0n) is 6.95. The van der Waals surface area contributed by atoms with E-state index in [4.69, 9.17) is 5.11 Å². The van der Waals surface area contributed by atoms with E-state index in [-0.39, 0.29) is 33.7 Å². The molecule has 0 amide bonds. The molecule has 0 aliphatic heterocycles. The SMILES string of the molecule is O=C1C=C(O)C(=O)c2ccccc21.[Ag]. The summed E-state index contributed by atoms with van der Waals surface area (Å²) in [4.78, 5) is 22.5. The van der Waals surface area contributed by atoms with Crippen LogP contribution in [0.3, 0.4) is 0 Å². The van der Waals surface area contributed by atoms with Crippen molar-refractivity contribution in [2.24, 2.45) is 0 Å². The Morgan fingerprint density at radius 3 is 2.21 bits per heavy atom. The van der Waals surface area contributed by atoms with E-state index < -0.39 is 11.5 Å². The minimum Gasteiger partial charge on any atom is -0.504 e. The second-order valence-electron chi connectivity index (χ2n) is 2.77. The third kappa shape index (κ3) is 1.57. The van der Waals surface area contributed by atoms with Crippen molar-refractivity contribution < 1.29 is 37.1 Å². The van der Waals surface area contributed by atoms with Gasteiger partial charge in [-0.15, -0.1) is 0 Å². The van der Waals surface area contributed by atoms with E-state index in [2.05, 4.69) is 0 Å². The van der Waals surface area contributed by atoms with E-state index in [9.17, 15) is 9.59 Å². The molecule has 2 rings (SSSR count). The van der Waals surface area contributed by atoms with Crippen molar-refractivity contribution in [1.29, 1.82) is 0 Å². The van der Waals surface area contributed by atoms with Gasteiger partial charge in [-0.05, 0) is 0 Å². The number of aliphatic hydroxyl groups excluding tert-OH is 1. The topological polar surface area (TPSA) is 54.4 Å². The molecule has 1 radical (unpaired) electrons. The van der Waals surface area contributed by atoms with Crippen LogP contribution in [0.5, 0.6) is 0 Å². The van der Waals surface area contributed by atoms with Gasteiger partial charge in [-0.2, -0.15) is 0 Å². The Labute approximate surface area is 95.9 Å². The van der Waals surface area contributed by atoms with E-state index >= 15 is 0 Å². The molecule has 75 valence electrons. The third-order valence-corrected chi connectivity index (χ3v) is 1.94. The molecule has 0 aromatic heterocycles. The first kappa shape index (κ1) is 10.9. The summed E-state index contributed by atoms with van der Waals surface area (Å²) >= 11 is 0. The number of benzene rings is 1. The second kappa shape index (κ2) is 3.92. The van der Waals surface area contributed by atoms with Crippen LogP contribution >= 0.6 is 0 Å². The number of fused-ring (bicyclic) bond motifs is 1. The van der Waals surface area contributed by atoms with Crippen molar-refractivity contribution >= 4 is 11.6 Å². The van der Waals surface area contributed by atoms with Crippen molar-refractivity contribution in [3.63, 3.8) is 0 Å². The molecule has 1 aromatic carbocycles. The maximum atomic E-state index is 11.3. The van der Waals surface area contributed by atoms with Gasteiger partial charge in [0.05, 0.1) is 0 Å². The number of carbonyl (C=O) groups excluding carboxylic acids is 2. The van der Waals surface area contributed by atoms with Crippen LogP contribution in [0.1, 0.15) is 20.7 Å². The van der Waals surface area contributed by atoms with Crippen molar-refractivity contribution in [2.45, 2.75) is 0 Å². The first-order valence-corrected chi connectivity index (χ1v) is 3.79. The van der Waals surface area contributed by atoms with Crippen LogP contribution in [-0.4, -0.2) is 16.7 Å². The summed E-state index contributed by atoms with van der Waals surface area (Å²) in [5.74, 6) is -1.30. The average molecular weight is 282 g/mol. The Bertz CT molecular complexity index is 435. The monoisotopic (exact) mass is 281 g/mol. The van der Waals surface area contributed by atoms with Crippen molar-refractivity contribution in [2.75, 3.05) is 0 Å². The van der Waals surface area contributed by atoms with Gasteiger partial charge in [0.2, 0.25) is 5.78 Å². The Morgan fingerprint density at radius 2 is 1.57 bits per heavy atom. The van der Waals surface area contributed by atoms with E-state index in [0.29, 0.717) is 5.56 Å². The molecule has 0 unspecified atom stereocenters. The van der Waals surface area contributed by atoms with Crippen LogP contribution in [0.2, 0.25) is 0 Å². The Hall–Kier alpha value is -1.16. The maximum Gasteiger partial charge on any atom is 0.228 e. The first-order chi connectivity index (χ1) is 6.20. The number of Topliss-reactive ketones (excluding diaryl/α,β-unsaturated/α-hetero) is 1. The number of carbonyl (C=O) groups is 2. The van der Waals surface area contributed by atoms with Gasteiger partial charge in [0.25, 0.3) is 0 Å². The average Bonchev–Trinajstić information content (AvgIpc) is 2.15. The van der Waals surface area contributed by atoms with Crippen LogP contribution in [0.15, 0.2) is 36.1 Å². The van der Waals surface area contributed by atoms with Gasteiger partial charge in [0.15, 0.2) is 11.5 Å². The molecule has 0 saturated carbocycles. The Balaban J connectivity index is 0.000000980. The number of aliphatic hydroxyl groups is 1. The zero-order chi connectivity index (χ0) is 9.42. The number of rotatable bonds is 0. The molecule has 0 heterocycles. The smallest absolute Gasteiger partial charge is 0.228 e. The van der Waals surface area contributed by atoms with Gasteiger partial charge in [0.1, 0.15) is 0 Å². The zero-order valence-corrected chi connectivity index (χ0v) is 8.43. The number of hydrogen-bond acceptors (Lipinski definition) is 3. The Morgan fingerprint density at radius 1 is 1.00 bits per heavy atom. The minimum atomic E-state index is -0.491. The molecular weight excluding hydrogens is 276 g/mol. The molecule has 1 N–H and O–H groups in total. The molecule has 14 heavy (non-hydrogen) atoms. The first-order valence-electron chi connectivity index (χ1n) is 3.79. The fourth-order valence-corrected chi connectivity index (χ4v) is 1.30.